The molecule has 100 valence electrons. The lowest BCUT2D eigenvalue weighted by Crippen LogP contribution is -2.37. The minimum atomic E-state index is -0.911. The monoisotopic (exact) mass is 258 g/mol. The highest BCUT2D eigenvalue weighted by molar-refractivity contribution is 5.80. The fourth-order valence-corrected chi connectivity index (χ4v) is 1.33. The number of nitrogen functional groups attached to an aromatic ring is 1. The molecule has 0 spiro atoms. The van der Waals surface area contributed by atoms with E-state index in [-0.39, 0.29) is 24.1 Å². The second-order valence-corrected chi connectivity index (χ2v) is 3.96. The smallest absolute Gasteiger partial charge is 0.241 e. The highest BCUT2D eigenvalue weighted by Crippen LogP contribution is 2.20. The molecule has 0 fully saturated rings. The van der Waals surface area contributed by atoms with Gasteiger partial charge in [-0.15, -0.1) is 0 Å². The van der Waals surface area contributed by atoms with E-state index < -0.39 is 11.6 Å². The van der Waals surface area contributed by atoms with Crippen LogP contribution >= 0.6 is 0 Å². The van der Waals surface area contributed by atoms with Crippen molar-refractivity contribution < 1.29 is 13.6 Å². The van der Waals surface area contributed by atoms with Crippen LogP contribution in [0.4, 0.5) is 20.4 Å². The number of likely N-dealkylation sites (N-methyl/N-ethyl adjacent to an activating group) is 2. The van der Waals surface area contributed by atoms with E-state index in [1.165, 1.54) is 9.80 Å². The zero-order valence-corrected chi connectivity index (χ0v) is 10.6. The maximum atomic E-state index is 13.6. The Morgan fingerprint density at radius 2 is 2.00 bits per heavy atom. The number of hydrogen-bond acceptors (Lipinski definition) is 4. The average Bonchev–Trinajstić information content (AvgIpc) is 2.30. The minimum absolute atomic E-state index is 0.0432. The summed E-state index contributed by atoms with van der Waals surface area (Å²) in [5.41, 5.74) is 5.30. The lowest BCUT2D eigenvalue weighted by molar-refractivity contribution is -0.127. The van der Waals surface area contributed by atoms with E-state index in [2.05, 4.69) is 4.98 Å². The van der Waals surface area contributed by atoms with Crippen LogP contribution in [0.15, 0.2) is 6.07 Å². The number of pyridine rings is 1. The summed E-state index contributed by atoms with van der Waals surface area (Å²) in [7, 11) is 3.19. The zero-order chi connectivity index (χ0) is 13.9. The molecule has 0 bridgehead atoms. The number of hydrogen-bond donors (Lipinski definition) is 1. The molecule has 1 rings (SSSR count). The van der Waals surface area contributed by atoms with Crippen molar-refractivity contribution in [3.8, 4) is 0 Å². The molecule has 1 heterocycles. The number of aromatic nitrogens is 1. The number of carbonyl (C=O) groups excluding carboxylic acids is 1. The molecule has 2 N–H and O–H groups in total. The van der Waals surface area contributed by atoms with Crippen molar-refractivity contribution >= 4 is 17.5 Å². The Kier molecular flexibility index (Phi) is 4.41. The van der Waals surface area contributed by atoms with Gasteiger partial charge in [0.05, 0.1) is 6.54 Å². The molecular formula is C11H16F2N4O. The molecule has 5 nitrogen and oxygen atoms in total. The van der Waals surface area contributed by atoms with Crippen molar-refractivity contribution in [3.63, 3.8) is 0 Å². The number of amides is 1. The van der Waals surface area contributed by atoms with Crippen LogP contribution in [-0.2, 0) is 4.79 Å². The highest BCUT2D eigenvalue weighted by atomic mass is 19.1. The fourth-order valence-electron chi connectivity index (χ4n) is 1.33. The van der Waals surface area contributed by atoms with Gasteiger partial charge in [0.25, 0.3) is 0 Å². The summed E-state index contributed by atoms with van der Waals surface area (Å²) >= 11 is 0. The Morgan fingerprint density at radius 1 is 1.39 bits per heavy atom. The van der Waals surface area contributed by atoms with Crippen LogP contribution in [0, 0.1) is 11.6 Å². The van der Waals surface area contributed by atoms with Crippen LogP contribution in [-0.4, -0.2) is 43.0 Å². The number of rotatable bonds is 4. The molecule has 0 aromatic carbocycles. The summed E-state index contributed by atoms with van der Waals surface area (Å²) in [6, 6.07) is 0.667. The van der Waals surface area contributed by atoms with Gasteiger partial charge in [0.2, 0.25) is 5.91 Å². The lowest BCUT2D eigenvalue weighted by atomic mass is 10.3. The molecule has 1 aromatic heterocycles. The standard InChI is InChI=1S/C11H16F2N4O/c1-4-17(6-9(18)16(2)3)11-8(13)5-7(12)10(14)15-11/h5H,4,6H2,1-3H3,(H2,14,15). The van der Waals surface area contributed by atoms with E-state index in [0.29, 0.717) is 12.6 Å². The molecule has 7 heteroatoms. The zero-order valence-electron chi connectivity index (χ0n) is 10.6. The maximum Gasteiger partial charge on any atom is 0.241 e. The molecule has 0 atom stereocenters. The number of carbonyl (C=O) groups is 1. The first-order chi connectivity index (χ1) is 8.36. The normalized spacial score (nSPS) is 10.3. The predicted octanol–water partition coefficient (Wildman–Crippen LogP) is 0.857. The van der Waals surface area contributed by atoms with E-state index in [1.807, 2.05) is 0 Å². The van der Waals surface area contributed by atoms with Gasteiger partial charge in [0.15, 0.2) is 23.3 Å². The van der Waals surface area contributed by atoms with Crippen molar-refractivity contribution in [2.24, 2.45) is 0 Å². The van der Waals surface area contributed by atoms with Crippen molar-refractivity contribution in [1.82, 2.24) is 9.88 Å². The number of halogens is 2. The third-order valence-corrected chi connectivity index (χ3v) is 2.44. The van der Waals surface area contributed by atoms with Gasteiger partial charge in [0.1, 0.15) is 0 Å². The first kappa shape index (κ1) is 14.1. The van der Waals surface area contributed by atoms with Gasteiger partial charge in [-0.1, -0.05) is 0 Å². The third kappa shape index (κ3) is 3.06. The summed E-state index contributed by atoms with van der Waals surface area (Å²) in [5.74, 6) is -2.46. The molecule has 0 aliphatic carbocycles. The first-order valence-electron chi connectivity index (χ1n) is 5.43. The largest absolute Gasteiger partial charge is 0.381 e. The van der Waals surface area contributed by atoms with Crippen molar-refractivity contribution in [1.29, 1.82) is 0 Å². The minimum Gasteiger partial charge on any atom is -0.381 e. The van der Waals surface area contributed by atoms with Crippen LogP contribution in [0.5, 0.6) is 0 Å². The third-order valence-electron chi connectivity index (χ3n) is 2.44. The first-order valence-corrected chi connectivity index (χ1v) is 5.43. The highest BCUT2D eigenvalue weighted by Gasteiger charge is 2.18. The predicted molar refractivity (Wildman–Crippen MR) is 65.1 cm³/mol. The van der Waals surface area contributed by atoms with Crippen LogP contribution in [0.3, 0.4) is 0 Å². The molecule has 0 aliphatic heterocycles. The molecular weight excluding hydrogens is 242 g/mol. The summed E-state index contributed by atoms with van der Waals surface area (Å²) < 4.78 is 26.6. The second kappa shape index (κ2) is 5.61. The second-order valence-electron chi connectivity index (χ2n) is 3.96. The van der Waals surface area contributed by atoms with Crippen LogP contribution in [0.25, 0.3) is 0 Å². The molecule has 1 amide bonds. The molecule has 0 aliphatic rings. The molecule has 18 heavy (non-hydrogen) atoms. The Morgan fingerprint density at radius 3 is 2.50 bits per heavy atom. The summed E-state index contributed by atoms with van der Waals surface area (Å²) in [6.45, 7) is 2.05. The Labute approximate surface area is 104 Å². The van der Waals surface area contributed by atoms with Crippen molar-refractivity contribution in [2.45, 2.75) is 6.92 Å². The van der Waals surface area contributed by atoms with Gasteiger partial charge in [-0.25, -0.2) is 13.8 Å². The van der Waals surface area contributed by atoms with Gasteiger partial charge in [0, 0.05) is 26.7 Å². The van der Waals surface area contributed by atoms with E-state index in [9.17, 15) is 13.6 Å². The molecule has 0 saturated heterocycles. The van der Waals surface area contributed by atoms with E-state index in [0.717, 1.165) is 0 Å². The Balaban J connectivity index is 3.02. The van der Waals surface area contributed by atoms with E-state index in [1.54, 1.807) is 21.0 Å². The van der Waals surface area contributed by atoms with Crippen LogP contribution < -0.4 is 10.6 Å². The van der Waals surface area contributed by atoms with Gasteiger partial charge in [-0.3, -0.25) is 4.79 Å². The molecule has 0 radical (unpaired) electrons. The van der Waals surface area contributed by atoms with E-state index >= 15 is 0 Å². The Hall–Kier alpha value is -1.92. The summed E-state index contributed by atoms with van der Waals surface area (Å²) in [6.07, 6.45) is 0. The summed E-state index contributed by atoms with van der Waals surface area (Å²) in [4.78, 5) is 18.0. The quantitative estimate of drug-likeness (QED) is 0.870. The number of anilines is 2. The maximum absolute atomic E-state index is 13.6. The van der Waals surface area contributed by atoms with Gasteiger partial charge >= 0.3 is 0 Å². The van der Waals surface area contributed by atoms with Crippen LogP contribution in [0.2, 0.25) is 0 Å². The van der Waals surface area contributed by atoms with Gasteiger partial charge in [-0.05, 0) is 6.92 Å². The SMILES string of the molecule is CCN(CC(=O)N(C)C)c1nc(N)c(F)cc1F. The molecule has 0 unspecified atom stereocenters. The fraction of sp³-hybridized carbons (Fsp3) is 0.455. The van der Waals surface area contributed by atoms with Crippen molar-refractivity contribution in [2.75, 3.05) is 37.8 Å². The Bertz CT molecular complexity index is 451. The number of nitrogens with zero attached hydrogens (tertiary/aromatic N) is 3. The average molecular weight is 258 g/mol. The number of nitrogens with two attached hydrogens (primary N) is 1. The van der Waals surface area contributed by atoms with Crippen LogP contribution in [0.1, 0.15) is 6.92 Å². The van der Waals surface area contributed by atoms with Gasteiger partial charge in [-0.2, -0.15) is 0 Å². The molecule has 1 aromatic rings. The lowest BCUT2D eigenvalue weighted by Gasteiger charge is -2.23. The summed E-state index contributed by atoms with van der Waals surface area (Å²) in [5, 5.41) is 0. The van der Waals surface area contributed by atoms with Crippen molar-refractivity contribution in [3.05, 3.63) is 17.7 Å². The van der Waals surface area contributed by atoms with Gasteiger partial charge < -0.3 is 15.5 Å². The topological polar surface area (TPSA) is 62.5 Å². The molecule has 0 saturated carbocycles. The van der Waals surface area contributed by atoms with E-state index in [4.69, 9.17) is 5.73 Å².